The molecule has 0 aliphatic carbocycles. The molecule has 0 aliphatic rings. The average molecular weight is 310 g/mol. The van der Waals surface area contributed by atoms with Crippen LogP contribution in [0.25, 0.3) is 10.9 Å². The fourth-order valence-electron chi connectivity index (χ4n) is 1.68. The van der Waals surface area contributed by atoms with Crippen LogP contribution in [0.2, 0.25) is 0 Å². The van der Waals surface area contributed by atoms with Gasteiger partial charge >= 0.3 is 0 Å². The van der Waals surface area contributed by atoms with Crippen LogP contribution in [0.15, 0.2) is 28.9 Å². The van der Waals surface area contributed by atoms with E-state index in [2.05, 4.69) is 26.2 Å². The monoisotopic (exact) mass is 309 g/mol. The SMILES string of the molecule is CC(C)(O)CNc1c(N)cnc2ccc(Br)cc12. The molecular formula is C13H16BrN3O. The van der Waals surface area contributed by atoms with Gasteiger partial charge in [-0.1, -0.05) is 15.9 Å². The molecule has 0 fully saturated rings. The maximum absolute atomic E-state index is 9.77. The number of aromatic nitrogens is 1. The molecule has 5 heteroatoms. The number of anilines is 2. The number of nitrogens with one attached hydrogen (secondary N) is 1. The van der Waals surface area contributed by atoms with Gasteiger partial charge in [0.2, 0.25) is 0 Å². The Labute approximate surface area is 114 Å². The number of nitrogens with two attached hydrogens (primary N) is 1. The summed E-state index contributed by atoms with van der Waals surface area (Å²) in [5, 5.41) is 13.9. The molecule has 4 N–H and O–H groups in total. The third-order valence-corrected chi connectivity index (χ3v) is 3.05. The largest absolute Gasteiger partial charge is 0.396 e. The van der Waals surface area contributed by atoms with Crippen LogP contribution in [-0.4, -0.2) is 22.2 Å². The fraction of sp³-hybridized carbons (Fsp3) is 0.308. The lowest BCUT2D eigenvalue weighted by Gasteiger charge is -2.20. The molecule has 1 aromatic carbocycles. The number of rotatable bonds is 3. The smallest absolute Gasteiger partial charge is 0.0763 e. The molecule has 2 aromatic rings. The van der Waals surface area contributed by atoms with Crippen LogP contribution in [0.3, 0.4) is 0 Å². The highest BCUT2D eigenvalue weighted by molar-refractivity contribution is 9.10. The first-order valence-electron chi connectivity index (χ1n) is 5.67. The van der Waals surface area contributed by atoms with E-state index in [1.807, 2.05) is 18.2 Å². The summed E-state index contributed by atoms with van der Waals surface area (Å²) in [7, 11) is 0. The average Bonchev–Trinajstić information content (AvgIpc) is 2.26. The summed E-state index contributed by atoms with van der Waals surface area (Å²) >= 11 is 3.44. The van der Waals surface area contributed by atoms with Crippen LogP contribution < -0.4 is 11.1 Å². The van der Waals surface area contributed by atoms with Crippen molar-refractivity contribution in [2.45, 2.75) is 19.4 Å². The van der Waals surface area contributed by atoms with Crippen molar-refractivity contribution < 1.29 is 5.11 Å². The van der Waals surface area contributed by atoms with Gasteiger partial charge in [-0.3, -0.25) is 4.98 Å². The van der Waals surface area contributed by atoms with Gasteiger partial charge < -0.3 is 16.2 Å². The van der Waals surface area contributed by atoms with Crippen LogP contribution in [-0.2, 0) is 0 Å². The van der Waals surface area contributed by atoms with Crippen molar-refractivity contribution in [3.05, 3.63) is 28.9 Å². The molecule has 1 heterocycles. The zero-order chi connectivity index (χ0) is 13.3. The maximum atomic E-state index is 9.77. The van der Waals surface area contributed by atoms with Crippen LogP contribution in [0.5, 0.6) is 0 Å². The molecule has 0 spiro atoms. The minimum atomic E-state index is -0.798. The van der Waals surface area contributed by atoms with Crippen molar-refractivity contribution >= 4 is 38.2 Å². The number of nitrogens with zero attached hydrogens (tertiary/aromatic N) is 1. The zero-order valence-corrected chi connectivity index (χ0v) is 12.0. The molecule has 0 aliphatic heterocycles. The lowest BCUT2D eigenvalue weighted by Crippen LogP contribution is -2.29. The van der Waals surface area contributed by atoms with Crippen molar-refractivity contribution in [3.8, 4) is 0 Å². The molecule has 0 saturated heterocycles. The molecule has 96 valence electrons. The first kappa shape index (κ1) is 13.1. The number of aliphatic hydroxyl groups is 1. The Morgan fingerprint density at radius 1 is 1.44 bits per heavy atom. The van der Waals surface area contributed by atoms with E-state index in [9.17, 15) is 5.11 Å². The van der Waals surface area contributed by atoms with Crippen LogP contribution in [0.1, 0.15) is 13.8 Å². The van der Waals surface area contributed by atoms with E-state index in [-0.39, 0.29) is 0 Å². The highest BCUT2D eigenvalue weighted by Gasteiger charge is 2.14. The minimum absolute atomic E-state index is 0.419. The van der Waals surface area contributed by atoms with Crippen molar-refractivity contribution in [1.29, 1.82) is 0 Å². The van der Waals surface area contributed by atoms with Crippen molar-refractivity contribution in [2.75, 3.05) is 17.6 Å². The van der Waals surface area contributed by atoms with Gasteiger partial charge in [-0.25, -0.2) is 0 Å². The number of fused-ring (bicyclic) bond motifs is 1. The summed E-state index contributed by atoms with van der Waals surface area (Å²) in [4.78, 5) is 4.28. The van der Waals surface area contributed by atoms with E-state index in [1.54, 1.807) is 20.0 Å². The zero-order valence-electron chi connectivity index (χ0n) is 10.4. The Bertz CT molecular complexity index is 573. The number of halogens is 1. The van der Waals surface area contributed by atoms with Gasteiger partial charge in [-0.2, -0.15) is 0 Å². The summed E-state index contributed by atoms with van der Waals surface area (Å²) in [6.45, 7) is 3.91. The summed E-state index contributed by atoms with van der Waals surface area (Å²) in [6.07, 6.45) is 1.63. The first-order chi connectivity index (χ1) is 8.37. The van der Waals surface area contributed by atoms with E-state index in [0.717, 1.165) is 21.1 Å². The summed E-state index contributed by atoms with van der Waals surface area (Å²) in [5.74, 6) is 0. The molecule has 2 rings (SSSR count). The van der Waals surface area contributed by atoms with Crippen LogP contribution in [0, 0.1) is 0 Å². The molecule has 4 nitrogen and oxygen atoms in total. The Morgan fingerprint density at radius 3 is 2.83 bits per heavy atom. The minimum Gasteiger partial charge on any atom is -0.396 e. The van der Waals surface area contributed by atoms with Crippen molar-refractivity contribution in [2.24, 2.45) is 0 Å². The molecular weight excluding hydrogens is 294 g/mol. The molecule has 18 heavy (non-hydrogen) atoms. The van der Waals surface area contributed by atoms with Gasteiger partial charge in [0.25, 0.3) is 0 Å². The molecule has 0 radical (unpaired) electrons. The topological polar surface area (TPSA) is 71.2 Å². The van der Waals surface area contributed by atoms with E-state index in [1.165, 1.54) is 0 Å². The molecule has 0 saturated carbocycles. The van der Waals surface area contributed by atoms with Crippen LogP contribution >= 0.6 is 15.9 Å². The Morgan fingerprint density at radius 2 is 2.17 bits per heavy atom. The number of hydrogen-bond acceptors (Lipinski definition) is 4. The third kappa shape index (κ3) is 2.91. The molecule has 0 atom stereocenters. The molecule has 1 aromatic heterocycles. The van der Waals surface area contributed by atoms with Gasteiger partial charge in [-0.15, -0.1) is 0 Å². The van der Waals surface area contributed by atoms with Gasteiger partial charge in [0.05, 0.1) is 28.7 Å². The van der Waals surface area contributed by atoms with Gasteiger partial charge in [0, 0.05) is 16.4 Å². The Hall–Kier alpha value is -1.33. The third-order valence-electron chi connectivity index (χ3n) is 2.56. The van der Waals surface area contributed by atoms with E-state index >= 15 is 0 Å². The number of benzene rings is 1. The van der Waals surface area contributed by atoms with E-state index in [0.29, 0.717) is 12.2 Å². The molecule has 0 amide bonds. The van der Waals surface area contributed by atoms with E-state index in [4.69, 9.17) is 5.73 Å². The van der Waals surface area contributed by atoms with Crippen molar-refractivity contribution in [1.82, 2.24) is 4.98 Å². The molecule has 0 bridgehead atoms. The van der Waals surface area contributed by atoms with Gasteiger partial charge in [0.15, 0.2) is 0 Å². The normalized spacial score (nSPS) is 11.8. The second-order valence-corrected chi connectivity index (χ2v) is 5.83. The summed E-state index contributed by atoms with van der Waals surface area (Å²) < 4.78 is 0.966. The fourth-order valence-corrected chi connectivity index (χ4v) is 2.04. The highest BCUT2D eigenvalue weighted by Crippen LogP contribution is 2.30. The standard InChI is InChI=1S/C13H16BrN3O/c1-13(2,18)7-17-12-9-5-8(14)3-4-11(9)16-6-10(12)15/h3-6,18H,7,15H2,1-2H3,(H,16,17). The van der Waals surface area contributed by atoms with Crippen molar-refractivity contribution in [3.63, 3.8) is 0 Å². The van der Waals surface area contributed by atoms with Gasteiger partial charge in [-0.05, 0) is 32.0 Å². The Balaban J connectivity index is 2.47. The maximum Gasteiger partial charge on any atom is 0.0763 e. The summed E-state index contributed by atoms with van der Waals surface area (Å²) in [6, 6.07) is 5.82. The second kappa shape index (κ2) is 4.74. The number of pyridine rings is 1. The highest BCUT2D eigenvalue weighted by atomic mass is 79.9. The van der Waals surface area contributed by atoms with Gasteiger partial charge in [0.1, 0.15) is 0 Å². The Kier molecular flexibility index (Phi) is 3.45. The van der Waals surface area contributed by atoms with Crippen LogP contribution in [0.4, 0.5) is 11.4 Å². The number of nitrogen functional groups attached to an aromatic ring is 1. The van der Waals surface area contributed by atoms with E-state index < -0.39 is 5.60 Å². The molecule has 0 unspecified atom stereocenters. The lowest BCUT2D eigenvalue weighted by molar-refractivity contribution is 0.0946. The lowest BCUT2D eigenvalue weighted by atomic mass is 10.1. The first-order valence-corrected chi connectivity index (χ1v) is 6.46. The second-order valence-electron chi connectivity index (χ2n) is 4.92. The predicted octanol–water partition coefficient (Wildman–Crippen LogP) is 2.76. The summed E-state index contributed by atoms with van der Waals surface area (Å²) in [5.41, 5.74) is 7.40. The quantitative estimate of drug-likeness (QED) is 0.815. The predicted molar refractivity (Wildman–Crippen MR) is 78.6 cm³/mol. The number of hydrogen-bond donors (Lipinski definition) is 3.